The Hall–Kier alpha value is -1.82. The SMILES string of the molecule is FCC1(c2ccccc2F)Cn2cncc2C(=S)N1. The predicted molar refractivity (Wildman–Crippen MR) is 71.1 cm³/mol. The molecular weight excluding hydrogens is 268 g/mol. The van der Waals surface area contributed by atoms with Gasteiger partial charge in [0.05, 0.1) is 24.8 Å². The number of nitrogens with zero attached hydrogens (tertiary/aromatic N) is 2. The third-order valence-electron chi connectivity index (χ3n) is 3.36. The van der Waals surface area contributed by atoms with E-state index in [0.717, 1.165) is 5.69 Å². The van der Waals surface area contributed by atoms with Gasteiger partial charge in [-0.05, 0) is 6.07 Å². The molecule has 19 heavy (non-hydrogen) atoms. The van der Waals surface area contributed by atoms with Crippen LogP contribution in [0.4, 0.5) is 8.78 Å². The smallest absolute Gasteiger partial charge is 0.128 e. The number of fused-ring (bicyclic) bond motifs is 1. The Balaban J connectivity index is 2.12. The molecule has 3 rings (SSSR count). The summed E-state index contributed by atoms with van der Waals surface area (Å²) in [7, 11) is 0. The van der Waals surface area contributed by atoms with Gasteiger partial charge in [-0.15, -0.1) is 0 Å². The molecule has 1 aromatic carbocycles. The molecule has 0 radical (unpaired) electrons. The van der Waals surface area contributed by atoms with E-state index < -0.39 is 18.0 Å². The second-order valence-electron chi connectivity index (χ2n) is 4.56. The first-order valence-electron chi connectivity index (χ1n) is 5.80. The van der Waals surface area contributed by atoms with Crippen LogP contribution in [0.5, 0.6) is 0 Å². The van der Waals surface area contributed by atoms with Gasteiger partial charge in [-0.2, -0.15) is 0 Å². The minimum atomic E-state index is -1.17. The number of rotatable bonds is 2. The van der Waals surface area contributed by atoms with Gasteiger partial charge in [-0.1, -0.05) is 30.4 Å². The summed E-state index contributed by atoms with van der Waals surface area (Å²) in [5.41, 5.74) is -0.175. The Morgan fingerprint density at radius 3 is 2.95 bits per heavy atom. The van der Waals surface area contributed by atoms with E-state index in [2.05, 4.69) is 10.3 Å². The molecule has 0 saturated carbocycles. The van der Waals surface area contributed by atoms with Crippen LogP contribution in [0.3, 0.4) is 0 Å². The largest absolute Gasteiger partial charge is 0.361 e. The number of hydrogen-bond acceptors (Lipinski definition) is 2. The molecule has 0 amide bonds. The van der Waals surface area contributed by atoms with Crippen molar-refractivity contribution < 1.29 is 8.78 Å². The topological polar surface area (TPSA) is 29.9 Å². The first-order chi connectivity index (χ1) is 9.16. The van der Waals surface area contributed by atoms with Crippen molar-refractivity contribution in [3.63, 3.8) is 0 Å². The van der Waals surface area contributed by atoms with Crippen molar-refractivity contribution in [3.05, 3.63) is 53.9 Å². The normalized spacial score (nSPS) is 21.9. The Bertz CT molecular complexity index is 640. The van der Waals surface area contributed by atoms with Gasteiger partial charge >= 0.3 is 0 Å². The molecule has 0 aliphatic carbocycles. The zero-order valence-corrected chi connectivity index (χ0v) is 10.8. The number of thiocarbonyl (C=S) groups is 1. The second-order valence-corrected chi connectivity index (χ2v) is 4.96. The summed E-state index contributed by atoms with van der Waals surface area (Å²) in [5.74, 6) is -0.445. The third-order valence-corrected chi connectivity index (χ3v) is 3.67. The Labute approximate surface area is 114 Å². The highest BCUT2D eigenvalue weighted by Gasteiger charge is 2.40. The molecule has 0 saturated heterocycles. The molecule has 1 aromatic heterocycles. The number of imidazole rings is 1. The van der Waals surface area contributed by atoms with Gasteiger partial charge in [0.25, 0.3) is 0 Å². The van der Waals surface area contributed by atoms with Crippen LogP contribution in [0, 0.1) is 5.82 Å². The second kappa shape index (κ2) is 4.38. The van der Waals surface area contributed by atoms with Crippen LogP contribution in [0.15, 0.2) is 36.8 Å². The molecule has 1 atom stereocenters. The molecule has 0 bridgehead atoms. The lowest BCUT2D eigenvalue weighted by Gasteiger charge is -2.38. The van der Waals surface area contributed by atoms with Gasteiger partial charge < -0.3 is 9.88 Å². The van der Waals surface area contributed by atoms with E-state index in [1.807, 2.05) is 0 Å². The van der Waals surface area contributed by atoms with Gasteiger partial charge in [0, 0.05) is 5.56 Å². The molecule has 1 aliphatic rings. The highest BCUT2D eigenvalue weighted by molar-refractivity contribution is 7.80. The first-order valence-corrected chi connectivity index (χ1v) is 6.21. The van der Waals surface area contributed by atoms with Crippen molar-refractivity contribution in [1.82, 2.24) is 14.9 Å². The Kier molecular flexibility index (Phi) is 2.82. The number of nitrogens with one attached hydrogen (secondary N) is 1. The van der Waals surface area contributed by atoms with Gasteiger partial charge in [-0.25, -0.2) is 13.8 Å². The molecule has 1 unspecified atom stereocenters. The number of aromatic nitrogens is 2. The molecule has 0 fully saturated rings. The Morgan fingerprint density at radius 2 is 2.21 bits per heavy atom. The average Bonchev–Trinajstić information content (AvgIpc) is 2.87. The van der Waals surface area contributed by atoms with E-state index in [1.54, 1.807) is 35.3 Å². The van der Waals surface area contributed by atoms with Crippen LogP contribution in [0.25, 0.3) is 0 Å². The average molecular weight is 279 g/mol. The van der Waals surface area contributed by atoms with Gasteiger partial charge in [0.2, 0.25) is 0 Å². The minimum Gasteiger partial charge on any atom is -0.361 e. The van der Waals surface area contributed by atoms with Gasteiger partial charge in [0.15, 0.2) is 0 Å². The highest BCUT2D eigenvalue weighted by Crippen LogP contribution is 2.30. The van der Waals surface area contributed by atoms with Crippen molar-refractivity contribution in [2.45, 2.75) is 12.1 Å². The van der Waals surface area contributed by atoms with Crippen LogP contribution in [0.2, 0.25) is 0 Å². The molecule has 2 heterocycles. The maximum absolute atomic E-state index is 14.0. The van der Waals surface area contributed by atoms with E-state index in [4.69, 9.17) is 12.2 Å². The minimum absolute atomic E-state index is 0.250. The molecule has 6 heteroatoms. The van der Waals surface area contributed by atoms with Crippen molar-refractivity contribution in [1.29, 1.82) is 0 Å². The molecule has 1 aliphatic heterocycles. The fourth-order valence-electron chi connectivity index (χ4n) is 2.40. The molecule has 98 valence electrons. The number of alkyl halides is 1. The molecule has 0 spiro atoms. The van der Waals surface area contributed by atoms with Gasteiger partial charge in [0.1, 0.15) is 23.0 Å². The molecule has 3 nitrogen and oxygen atoms in total. The van der Waals surface area contributed by atoms with Crippen molar-refractivity contribution in [2.75, 3.05) is 6.67 Å². The third kappa shape index (κ3) is 1.83. The predicted octanol–water partition coefficient (Wildman–Crippen LogP) is 2.17. The van der Waals surface area contributed by atoms with Crippen LogP contribution in [-0.4, -0.2) is 21.2 Å². The fraction of sp³-hybridized carbons (Fsp3) is 0.231. The lowest BCUT2D eigenvalue weighted by molar-refractivity contribution is 0.232. The van der Waals surface area contributed by atoms with Crippen LogP contribution in [-0.2, 0) is 12.1 Å². The zero-order valence-electron chi connectivity index (χ0n) is 9.94. The summed E-state index contributed by atoms with van der Waals surface area (Å²) >= 11 is 5.21. The maximum Gasteiger partial charge on any atom is 0.128 e. The van der Waals surface area contributed by atoms with Crippen molar-refractivity contribution >= 4 is 17.2 Å². The maximum atomic E-state index is 14.0. The summed E-state index contributed by atoms with van der Waals surface area (Å²) < 4.78 is 29.4. The number of benzene rings is 1. The lowest BCUT2D eigenvalue weighted by Crippen LogP contribution is -2.54. The van der Waals surface area contributed by atoms with E-state index in [9.17, 15) is 8.78 Å². The van der Waals surface area contributed by atoms with Crippen molar-refractivity contribution in [3.8, 4) is 0 Å². The monoisotopic (exact) mass is 279 g/mol. The van der Waals surface area contributed by atoms with Crippen LogP contribution < -0.4 is 5.32 Å². The lowest BCUT2D eigenvalue weighted by atomic mass is 9.89. The number of hydrogen-bond donors (Lipinski definition) is 1. The van der Waals surface area contributed by atoms with Gasteiger partial charge in [-0.3, -0.25) is 0 Å². The summed E-state index contributed by atoms with van der Waals surface area (Å²) in [6.07, 6.45) is 3.19. The molecule has 2 aromatic rings. The van der Waals surface area contributed by atoms with E-state index >= 15 is 0 Å². The standard InChI is InChI=1S/C13H11F2N3S/c14-6-13(9-3-1-2-4-10(9)15)7-18-8-16-5-11(18)12(19)17-13/h1-5,8H,6-7H2,(H,17,19). The summed E-state index contributed by atoms with van der Waals surface area (Å²) in [4.78, 5) is 4.37. The van der Waals surface area contributed by atoms with Crippen LogP contribution in [0.1, 0.15) is 11.3 Å². The molecular formula is C13H11F2N3S. The van der Waals surface area contributed by atoms with Crippen LogP contribution >= 0.6 is 12.2 Å². The summed E-state index contributed by atoms with van der Waals surface area (Å²) in [5, 5.41) is 2.93. The summed E-state index contributed by atoms with van der Waals surface area (Å²) in [6.45, 7) is -0.508. The molecule has 1 N–H and O–H groups in total. The van der Waals surface area contributed by atoms with E-state index in [1.165, 1.54) is 6.07 Å². The highest BCUT2D eigenvalue weighted by atomic mass is 32.1. The van der Waals surface area contributed by atoms with E-state index in [-0.39, 0.29) is 12.1 Å². The van der Waals surface area contributed by atoms with Crippen molar-refractivity contribution in [2.24, 2.45) is 0 Å². The summed E-state index contributed by atoms with van der Waals surface area (Å²) in [6, 6.07) is 6.16. The first kappa shape index (κ1) is 12.2. The quantitative estimate of drug-likeness (QED) is 0.854. The Morgan fingerprint density at radius 1 is 1.42 bits per heavy atom. The zero-order chi connectivity index (χ0) is 13.5. The number of halogens is 2. The van der Waals surface area contributed by atoms with E-state index in [0.29, 0.717) is 4.99 Å². The fourth-order valence-corrected chi connectivity index (χ4v) is 2.76.